The van der Waals surface area contributed by atoms with Crippen LogP contribution in [0.4, 0.5) is 11.5 Å². The van der Waals surface area contributed by atoms with E-state index in [-0.39, 0.29) is 11.8 Å². The Morgan fingerprint density at radius 1 is 1.07 bits per heavy atom. The highest BCUT2D eigenvalue weighted by Gasteiger charge is 2.26. The lowest BCUT2D eigenvalue weighted by atomic mass is 9.97. The van der Waals surface area contributed by atoms with Crippen molar-refractivity contribution in [3.63, 3.8) is 0 Å². The molecule has 1 aromatic heterocycles. The molecule has 0 radical (unpaired) electrons. The topological polar surface area (TPSA) is 67.4 Å². The van der Waals surface area contributed by atoms with Crippen molar-refractivity contribution in [1.29, 1.82) is 0 Å². The Morgan fingerprint density at radius 2 is 1.87 bits per heavy atom. The summed E-state index contributed by atoms with van der Waals surface area (Å²) in [5.41, 5.74) is 2.79. The molecule has 1 fully saturated rings. The van der Waals surface area contributed by atoms with Crippen LogP contribution in [-0.4, -0.2) is 29.2 Å². The summed E-state index contributed by atoms with van der Waals surface area (Å²) in [5.74, 6) is 1.57. The highest BCUT2D eigenvalue weighted by atomic mass is 16.5. The van der Waals surface area contributed by atoms with Gasteiger partial charge in [-0.25, -0.2) is 0 Å². The third kappa shape index (κ3) is 5.14. The minimum Gasteiger partial charge on any atom is -0.489 e. The van der Waals surface area contributed by atoms with E-state index >= 15 is 0 Å². The molecular formula is C24H26N4O2. The lowest BCUT2D eigenvalue weighted by molar-refractivity contribution is -0.120. The van der Waals surface area contributed by atoms with Gasteiger partial charge in [0.15, 0.2) is 5.82 Å². The number of anilines is 2. The largest absolute Gasteiger partial charge is 0.489 e. The summed E-state index contributed by atoms with van der Waals surface area (Å²) in [7, 11) is 0. The maximum atomic E-state index is 12.8. The predicted octanol–water partition coefficient (Wildman–Crippen LogP) is 4.22. The van der Waals surface area contributed by atoms with Gasteiger partial charge in [0.05, 0.1) is 11.6 Å². The first-order chi connectivity index (χ1) is 14.7. The SMILES string of the molecule is Cc1ccc(N2CCCC(C(=O)Nc3ccc(OCc4ccccc4)cc3)C2)nn1. The van der Waals surface area contributed by atoms with Gasteiger partial charge in [-0.3, -0.25) is 4.79 Å². The quantitative estimate of drug-likeness (QED) is 0.669. The van der Waals surface area contributed by atoms with Gasteiger partial charge in [-0.15, -0.1) is 5.10 Å². The maximum Gasteiger partial charge on any atom is 0.229 e. The molecule has 30 heavy (non-hydrogen) atoms. The Morgan fingerprint density at radius 3 is 2.60 bits per heavy atom. The number of ether oxygens (including phenoxy) is 1. The molecule has 1 amide bonds. The van der Waals surface area contributed by atoms with Crippen LogP contribution in [0.2, 0.25) is 0 Å². The number of hydrogen-bond donors (Lipinski definition) is 1. The van der Waals surface area contributed by atoms with Crippen LogP contribution in [0.3, 0.4) is 0 Å². The lowest BCUT2D eigenvalue weighted by Gasteiger charge is -2.32. The fourth-order valence-electron chi connectivity index (χ4n) is 3.58. The zero-order valence-corrected chi connectivity index (χ0v) is 17.1. The number of piperidine rings is 1. The third-order valence-electron chi connectivity index (χ3n) is 5.27. The summed E-state index contributed by atoms with van der Waals surface area (Å²) in [6.07, 6.45) is 1.83. The molecule has 0 spiro atoms. The number of carbonyl (C=O) groups is 1. The summed E-state index contributed by atoms with van der Waals surface area (Å²) < 4.78 is 5.81. The van der Waals surface area contributed by atoms with Gasteiger partial charge in [0.25, 0.3) is 0 Å². The normalized spacial score (nSPS) is 16.2. The third-order valence-corrected chi connectivity index (χ3v) is 5.27. The van der Waals surface area contributed by atoms with Crippen molar-refractivity contribution in [2.24, 2.45) is 5.92 Å². The monoisotopic (exact) mass is 402 g/mol. The Kier molecular flexibility index (Phi) is 6.23. The molecule has 6 heteroatoms. The van der Waals surface area contributed by atoms with E-state index in [0.29, 0.717) is 13.2 Å². The van der Waals surface area contributed by atoms with Gasteiger partial charge in [0.2, 0.25) is 5.91 Å². The highest BCUT2D eigenvalue weighted by molar-refractivity contribution is 5.93. The van der Waals surface area contributed by atoms with Gasteiger partial charge < -0.3 is 15.0 Å². The summed E-state index contributed by atoms with van der Waals surface area (Å²) in [6.45, 7) is 3.99. The second kappa shape index (κ2) is 9.39. The van der Waals surface area contributed by atoms with Gasteiger partial charge in [-0.1, -0.05) is 30.3 Å². The van der Waals surface area contributed by atoms with Crippen LogP contribution < -0.4 is 15.0 Å². The predicted molar refractivity (Wildman–Crippen MR) is 118 cm³/mol. The molecule has 2 aromatic carbocycles. The van der Waals surface area contributed by atoms with Crippen molar-refractivity contribution in [3.8, 4) is 5.75 Å². The molecule has 6 nitrogen and oxygen atoms in total. The molecular weight excluding hydrogens is 376 g/mol. The van der Waals surface area contributed by atoms with E-state index in [1.54, 1.807) is 0 Å². The standard InChI is InChI=1S/C24H26N4O2/c1-18-9-14-23(27-26-18)28-15-5-8-20(16-28)24(29)25-21-10-12-22(13-11-21)30-17-19-6-3-2-4-7-19/h2-4,6-7,9-14,20H,5,8,15-17H2,1H3,(H,25,29). The summed E-state index contributed by atoms with van der Waals surface area (Å²) in [4.78, 5) is 14.9. The number of rotatable bonds is 6. The first-order valence-corrected chi connectivity index (χ1v) is 10.3. The zero-order chi connectivity index (χ0) is 20.8. The average Bonchev–Trinajstić information content (AvgIpc) is 2.80. The number of nitrogens with one attached hydrogen (secondary N) is 1. The van der Waals surface area contributed by atoms with Crippen LogP contribution >= 0.6 is 0 Å². The van der Waals surface area contributed by atoms with Crippen molar-refractivity contribution in [1.82, 2.24) is 10.2 Å². The smallest absolute Gasteiger partial charge is 0.229 e. The van der Waals surface area contributed by atoms with Crippen LogP contribution in [0.15, 0.2) is 66.7 Å². The van der Waals surface area contributed by atoms with Gasteiger partial charge in [0.1, 0.15) is 12.4 Å². The van der Waals surface area contributed by atoms with E-state index in [1.165, 1.54) is 0 Å². The Balaban J connectivity index is 1.31. The minimum absolute atomic E-state index is 0.0396. The molecule has 1 atom stereocenters. The highest BCUT2D eigenvalue weighted by Crippen LogP contribution is 2.23. The van der Waals surface area contributed by atoms with Gasteiger partial charge in [0, 0.05) is 18.8 Å². The second-order valence-electron chi connectivity index (χ2n) is 7.61. The van der Waals surface area contributed by atoms with E-state index in [0.717, 1.165) is 47.9 Å². The summed E-state index contributed by atoms with van der Waals surface area (Å²) >= 11 is 0. The van der Waals surface area contributed by atoms with E-state index in [9.17, 15) is 4.79 Å². The molecule has 1 N–H and O–H groups in total. The van der Waals surface area contributed by atoms with Crippen LogP contribution in [0, 0.1) is 12.8 Å². The minimum atomic E-state index is -0.0733. The van der Waals surface area contributed by atoms with Crippen LogP contribution in [0.25, 0.3) is 0 Å². The molecule has 1 saturated heterocycles. The van der Waals surface area contributed by atoms with Gasteiger partial charge in [-0.05, 0) is 61.7 Å². The van der Waals surface area contributed by atoms with Crippen molar-refractivity contribution >= 4 is 17.4 Å². The van der Waals surface area contributed by atoms with Gasteiger partial charge >= 0.3 is 0 Å². The molecule has 1 unspecified atom stereocenters. The Bertz CT molecular complexity index is 959. The lowest BCUT2D eigenvalue weighted by Crippen LogP contribution is -2.41. The molecule has 1 aliphatic rings. The van der Waals surface area contributed by atoms with Gasteiger partial charge in [-0.2, -0.15) is 5.10 Å². The molecule has 154 valence electrons. The van der Waals surface area contributed by atoms with Crippen LogP contribution in [-0.2, 0) is 11.4 Å². The summed E-state index contributed by atoms with van der Waals surface area (Å²) in [5, 5.41) is 11.4. The second-order valence-corrected chi connectivity index (χ2v) is 7.61. The number of aryl methyl sites for hydroxylation is 1. The fourth-order valence-corrected chi connectivity index (χ4v) is 3.58. The number of aromatic nitrogens is 2. The first-order valence-electron chi connectivity index (χ1n) is 10.3. The zero-order valence-electron chi connectivity index (χ0n) is 17.1. The number of hydrogen-bond acceptors (Lipinski definition) is 5. The van der Waals surface area contributed by atoms with Crippen molar-refractivity contribution in [2.45, 2.75) is 26.4 Å². The van der Waals surface area contributed by atoms with E-state index in [2.05, 4.69) is 20.4 Å². The number of carbonyl (C=O) groups excluding carboxylic acids is 1. The Hall–Kier alpha value is -3.41. The summed E-state index contributed by atoms with van der Waals surface area (Å²) in [6, 6.07) is 21.5. The molecule has 2 heterocycles. The number of amides is 1. The number of benzene rings is 2. The van der Waals surface area contributed by atoms with E-state index in [4.69, 9.17) is 4.74 Å². The van der Waals surface area contributed by atoms with Crippen molar-refractivity contribution in [3.05, 3.63) is 78.0 Å². The maximum absolute atomic E-state index is 12.8. The van der Waals surface area contributed by atoms with Crippen molar-refractivity contribution < 1.29 is 9.53 Å². The molecule has 0 bridgehead atoms. The van der Waals surface area contributed by atoms with Crippen LogP contribution in [0.5, 0.6) is 5.75 Å². The Labute approximate surface area is 176 Å². The molecule has 4 rings (SSSR count). The van der Waals surface area contributed by atoms with E-state index < -0.39 is 0 Å². The van der Waals surface area contributed by atoms with Crippen molar-refractivity contribution in [2.75, 3.05) is 23.3 Å². The molecule has 0 saturated carbocycles. The average molecular weight is 402 g/mol. The molecule has 3 aromatic rings. The molecule has 1 aliphatic heterocycles. The number of nitrogens with zero attached hydrogens (tertiary/aromatic N) is 3. The van der Waals surface area contributed by atoms with Crippen LogP contribution in [0.1, 0.15) is 24.1 Å². The molecule has 0 aliphatic carbocycles. The fraction of sp³-hybridized carbons (Fsp3) is 0.292. The first kappa shape index (κ1) is 19.9. The van der Waals surface area contributed by atoms with E-state index in [1.807, 2.05) is 73.7 Å².